The van der Waals surface area contributed by atoms with Gasteiger partial charge >= 0.3 is 6.61 Å². The summed E-state index contributed by atoms with van der Waals surface area (Å²) in [6.45, 7) is 2.65. The number of hydrogen-bond donors (Lipinski definition) is 1. The van der Waals surface area contributed by atoms with Gasteiger partial charge in [0.2, 0.25) is 5.91 Å². The van der Waals surface area contributed by atoms with E-state index in [-0.39, 0.29) is 18.2 Å². The van der Waals surface area contributed by atoms with Crippen LogP contribution in [0.2, 0.25) is 0 Å². The molecule has 0 heterocycles. The van der Waals surface area contributed by atoms with E-state index in [0.717, 1.165) is 0 Å². The van der Waals surface area contributed by atoms with Gasteiger partial charge in [-0.25, -0.2) is 0 Å². The minimum Gasteiger partial charge on any atom is -0.434 e. The topological polar surface area (TPSA) is 38.3 Å². The summed E-state index contributed by atoms with van der Waals surface area (Å²) in [5.74, 6) is -0.223. The highest BCUT2D eigenvalue weighted by Gasteiger charge is 2.10. The van der Waals surface area contributed by atoms with Crippen molar-refractivity contribution < 1.29 is 18.3 Å². The standard InChI is InChI=1S/C13H15F2NO2/c1-3-9(2)12(17)16-8-10-6-4-5-7-11(10)18-13(14)15/h4-7,13H,2-3,8H2,1H3,(H,16,17). The second kappa shape index (κ2) is 6.74. The van der Waals surface area contributed by atoms with Crippen molar-refractivity contribution in [1.29, 1.82) is 0 Å². The number of hydrogen-bond acceptors (Lipinski definition) is 2. The predicted octanol–water partition coefficient (Wildman–Crippen LogP) is 2.87. The van der Waals surface area contributed by atoms with Crippen LogP contribution in [-0.2, 0) is 11.3 Å². The summed E-state index contributed by atoms with van der Waals surface area (Å²) in [6.07, 6.45) is 0.543. The van der Waals surface area contributed by atoms with Crippen molar-refractivity contribution in [3.63, 3.8) is 0 Å². The molecule has 0 spiro atoms. The quantitative estimate of drug-likeness (QED) is 0.794. The fourth-order valence-corrected chi connectivity index (χ4v) is 1.32. The third-order valence-corrected chi connectivity index (χ3v) is 2.38. The van der Waals surface area contributed by atoms with Crippen LogP contribution in [0.1, 0.15) is 18.9 Å². The van der Waals surface area contributed by atoms with Gasteiger partial charge in [-0.3, -0.25) is 4.79 Å². The van der Waals surface area contributed by atoms with Gasteiger partial charge in [-0.2, -0.15) is 8.78 Å². The van der Waals surface area contributed by atoms with Gasteiger partial charge in [-0.05, 0) is 12.5 Å². The molecule has 18 heavy (non-hydrogen) atoms. The van der Waals surface area contributed by atoms with E-state index in [2.05, 4.69) is 16.6 Å². The van der Waals surface area contributed by atoms with Gasteiger partial charge in [-0.1, -0.05) is 31.7 Å². The Balaban J connectivity index is 2.67. The molecule has 0 aliphatic carbocycles. The van der Waals surface area contributed by atoms with E-state index in [1.54, 1.807) is 18.2 Å². The Morgan fingerprint density at radius 2 is 2.11 bits per heavy atom. The molecule has 3 nitrogen and oxygen atoms in total. The van der Waals surface area contributed by atoms with E-state index in [0.29, 0.717) is 17.6 Å². The van der Waals surface area contributed by atoms with Crippen molar-refractivity contribution in [2.45, 2.75) is 26.5 Å². The summed E-state index contributed by atoms with van der Waals surface area (Å²) >= 11 is 0. The van der Waals surface area contributed by atoms with Gasteiger partial charge in [0, 0.05) is 17.7 Å². The van der Waals surface area contributed by atoms with Crippen molar-refractivity contribution >= 4 is 5.91 Å². The number of carbonyl (C=O) groups is 1. The largest absolute Gasteiger partial charge is 0.434 e. The molecule has 1 amide bonds. The molecule has 1 aromatic rings. The zero-order valence-corrected chi connectivity index (χ0v) is 10.1. The van der Waals surface area contributed by atoms with Gasteiger partial charge in [0.1, 0.15) is 5.75 Å². The lowest BCUT2D eigenvalue weighted by Gasteiger charge is -2.11. The van der Waals surface area contributed by atoms with Crippen molar-refractivity contribution in [1.82, 2.24) is 5.32 Å². The first-order chi connectivity index (χ1) is 8.54. The molecule has 98 valence electrons. The number of ether oxygens (including phenoxy) is 1. The fraction of sp³-hybridized carbons (Fsp3) is 0.308. The van der Waals surface area contributed by atoms with E-state index in [1.165, 1.54) is 6.07 Å². The molecular weight excluding hydrogens is 240 g/mol. The molecule has 0 saturated carbocycles. The molecule has 0 bridgehead atoms. The molecule has 0 aliphatic heterocycles. The minimum atomic E-state index is -2.88. The van der Waals surface area contributed by atoms with E-state index in [4.69, 9.17) is 0 Å². The number of amides is 1. The summed E-state index contributed by atoms with van der Waals surface area (Å²) in [6, 6.07) is 6.33. The second-order valence-corrected chi connectivity index (χ2v) is 3.63. The maximum absolute atomic E-state index is 12.2. The highest BCUT2D eigenvalue weighted by Crippen LogP contribution is 2.20. The van der Waals surface area contributed by atoms with Crippen molar-refractivity contribution in [3.05, 3.63) is 42.0 Å². The van der Waals surface area contributed by atoms with E-state index in [9.17, 15) is 13.6 Å². The summed E-state index contributed by atoms with van der Waals surface area (Å²) in [7, 11) is 0. The van der Waals surface area contributed by atoms with E-state index in [1.807, 2.05) is 6.92 Å². The molecule has 0 radical (unpaired) electrons. The zero-order valence-electron chi connectivity index (χ0n) is 10.1. The van der Waals surface area contributed by atoms with Gasteiger partial charge < -0.3 is 10.1 Å². The lowest BCUT2D eigenvalue weighted by atomic mass is 10.2. The molecule has 0 fully saturated rings. The van der Waals surface area contributed by atoms with Crippen LogP contribution >= 0.6 is 0 Å². The first-order valence-electron chi connectivity index (χ1n) is 5.53. The molecule has 1 aromatic carbocycles. The highest BCUT2D eigenvalue weighted by atomic mass is 19.3. The van der Waals surface area contributed by atoms with Gasteiger partial charge in [-0.15, -0.1) is 0 Å². The molecule has 0 aromatic heterocycles. The molecule has 1 rings (SSSR count). The number of nitrogens with one attached hydrogen (secondary N) is 1. The van der Waals surface area contributed by atoms with Crippen LogP contribution < -0.4 is 10.1 Å². The first-order valence-corrected chi connectivity index (χ1v) is 5.53. The third-order valence-electron chi connectivity index (χ3n) is 2.38. The molecule has 1 N–H and O–H groups in total. The normalized spacial score (nSPS) is 10.2. The Labute approximate surface area is 104 Å². The Bertz CT molecular complexity index is 433. The molecule has 0 atom stereocenters. The number of para-hydroxylation sites is 1. The second-order valence-electron chi connectivity index (χ2n) is 3.63. The van der Waals surface area contributed by atoms with Gasteiger partial charge in [0.05, 0.1) is 0 Å². The highest BCUT2D eigenvalue weighted by molar-refractivity contribution is 5.92. The smallest absolute Gasteiger partial charge is 0.387 e. The van der Waals surface area contributed by atoms with Crippen LogP contribution in [0.3, 0.4) is 0 Å². The number of benzene rings is 1. The van der Waals surface area contributed by atoms with Crippen LogP contribution in [0.15, 0.2) is 36.4 Å². The summed E-state index contributed by atoms with van der Waals surface area (Å²) in [4.78, 5) is 11.5. The average Bonchev–Trinajstić information content (AvgIpc) is 2.35. The Morgan fingerprint density at radius 1 is 1.44 bits per heavy atom. The summed E-state index contributed by atoms with van der Waals surface area (Å²) in [5.41, 5.74) is 0.942. The molecular formula is C13H15F2NO2. The number of halogens is 2. The molecule has 0 aliphatic rings. The molecule has 0 saturated heterocycles. The lowest BCUT2D eigenvalue weighted by molar-refractivity contribution is -0.117. The molecule has 5 heteroatoms. The Hall–Kier alpha value is -1.91. The Kier molecular flexibility index (Phi) is 5.30. The van der Waals surface area contributed by atoms with Crippen molar-refractivity contribution in [2.75, 3.05) is 0 Å². The van der Waals surface area contributed by atoms with E-state index < -0.39 is 6.61 Å². The maximum atomic E-state index is 12.2. The van der Waals surface area contributed by atoms with Crippen molar-refractivity contribution in [2.24, 2.45) is 0 Å². The molecule has 0 unspecified atom stereocenters. The minimum absolute atomic E-state index is 0.0647. The Morgan fingerprint density at radius 3 is 2.72 bits per heavy atom. The lowest BCUT2D eigenvalue weighted by Crippen LogP contribution is -2.24. The number of alkyl halides is 2. The van der Waals surface area contributed by atoms with Crippen LogP contribution in [0, 0.1) is 0 Å². The maximum Gasteiger partial charge on any atom is 0.387 e. The monoisotopic (exact) mass is 255 g/mol. The van der Waals surface area contributed by atoms with Crippen LogP contribution in [0.5, 0.6) is 5.75 Å². The average molecular weight is 255 g/mol. The SMILES string of the molecule is C=C(CC)C(=O)NCc1ccccc1OC(F)F. The zero-order chi connectivity index (χ0) is 13.5. The van der Waals surface area contributed by atoms with Gasteiger partial charge in [0.15, 0.2) is 0 Å². The van der Waals surface area contributed by atoms with Gasteiger partial charge in [0.25, 0.3) is 0 Å². The number of rotatable bonds is 6. The fourth-order valence-electron chi connectivity index (χ4n) is 1.32. The van der Waals surface area contributed by atoms with Crippen molar-refractivity contribution in [3.8, 4) is 5.75 Å². The third kappa shape index (κ3) is 4.16. The first kappa shape index (κ1) is 14.2. The van der Waals surface area contributed by atoms with Crippen LogP contribution in [-0.4, -0.2) is 12.5 Å². The van der Waals surface area contributed by atoms with E-state index >= 15 is 0 Å². The van der Waals surface area contributed by atoms with Crippen LogP contribution in [0.4, 0.5) is 8.78 Å². The summed E-state index contributed by atoms with van der Waals surface area (Å²) < 4.78 is 28.7. The van der Waals surface area contributed by atoms with Crippen LogP contribution in [0.25, 0.3) is 0 Å². The summed E-state index contributed by atoms with van der Waals surface area (Å²) in [5, 5.41) is 2.60. The predicted molar refractivity (Wildman–Crippen MR) is 64.4 cm³/mol. The number of carbonyl (C=O) groups excluding carboxylic acids is 1.